The van der Waals surface area contributed by atoms with E-state index in [0.717, 1.165) is 82.1 Å². The van der Waals surface area contributed by atoms with Crippen LogP contribution >= 0.6 is 0 Å². The van der Waals surface area contributed by atoms with Gasteiger partial charge in [-0.1, -0.05) is 79.9 Å². The zero-order valence-electron chi connectivity index (χ0n) is 36.5. The van der Waals surface area contributed by atoms with Crippen LogP contribution < -0.4 is 15.4 Å². The van der Waals surface area contributed by atoms with Crippen LogP contribution in [0, 0.1) is 0 Å². The summed E-state index contributed by atoms with van der Waals surface area (Å²) in [7, 11) is 0. The molecule has 0 unspecified atom stereocenters. The number of anilines is 1. The van der Waals surface area contributed by atoms with Crippen molar-refractivity contribution in [2.45, 2.75) is 102 Å². The lowest BCUT2D eigenvalue weighted by atomic mass is 9.89. The molecule has 13 nitrogen and oxygen atoms in total. The summed E-state index contributed by atoms with van der Waals surface area (Å²) < 4.78 is 23.9. The summed E-state index contributed by atoms with van der Waals surface area (Å²) in [5, 5.41) is 16.4. The lowest BCUT2D eigenvalue weighted by Crippen LogP contribution is -2.57. The van der Waals surface area contributed by atoms with Gasteiger partial charge in [0, 0.05) is 64.9 Å². The number of amides is 3. The monoisotopic (exact) mass is 853 g/mol. The summed E-state index contributed by atoms with van der Waals surface area (Å²) in [6.07, 6.45) is 10.5. The zero-order valence-corrected chi connectivity index (χ0v) is 36.5. The Balaban J connectivity index is 0.779. The van der Waals surface area contributed by atoms with E-state index in [1.54, 1.807) is 6.07 Å². The molecular formula is C49H67N5O8. The number of hydrogen-bond acceptors (Lipinski definition) is 10. The van der Waals surface area contributed by atoms with Crippen LogP contribution in [-0.2, 0) is 54.6 Å². The van der Waals surface area contributed by atoms with Crippen molar-refractivity contribution in [3.05, 3.63) is 89.0 Å². The molecule has 62 heavy (non-hydrogen) atoms. The fourth-order valence-corrected chi connectivity index (χ4v) is 9.33. The molecule has 3 aromatic rings. The Morgan fingerprint density at radius 2 is 1.68 bits per heavy atom. The van der Waals surface area contributed by atoms with E-state index in [1.807, 2.05) is 29.2 Å². The van der Waals surface area contributed by atoms with Crippen molar-refractivity contribution in [1.82, 2.24) is 20.0 Å². The third-order valence-electron chi connectivity index (χ3n) is 12.8. The van der Waals surface area contributed by atoms with Crippen molar-refractivity contribution in [3.8, 4) is 11.5 Å². The van der Waals surface area contributed by atoms with Gasteiger partial charge in [-0.25, -0.2) is 0 Å². The molecule has 3 heterocycles. The first-order chi connectivity index (χ1) is 30.3. The number of nitrogens with one attached hydrogen (secondary N) is 2. The molecule has 0 radical (unpaired) electrons. The lowest BCUT2D eigenvalue weighted by molar-refractivity contribution is -0.160. The van der Waals surface area contributed by atoms with Crippen molar-refractivity contribution in [2.24, 2.45) is 0 Å². The van der Waals surface area contributed by atoms with Gasteiger partial charge in [-0.2, -0.15) is 0 Å². The molecule has 3 amide bonds. The summed E-state index contributed by atoms with van der Waals surface area (Å²) in [6, 6.07) is 22.6. The van der Waals surface area contributed by atoms with E-state index >= 15 is 0 Å². The van der Waals surface area contributed by atoms with Crippen molar-refractivity contribution in [2.75, 3.05) is 84.2 Å². The Morgan fingerprint density at radius 3 is 2.52 bits per heavy atom. The third kappa shape index (κ3) is 13.2. The first-order valence-electron chi connectivity index (χ1n) is 23.0. The molecule has 336 valence electrons. The van der Waals surface area contributed by atoms with Gasteiger partial charge in [0.05, 0.1) is 38.4 Å². The fraction of sp³-hybridized carbons (Fsp3) is 0.571. The maximum absolute atomic E-state index is 13.6. The van der Waals surface area contributed by atoms with Gasteiger partial charge in [0.25, 0.3) is 5.91 Å². The standard InChI is InChI=1S/C49H67N5O8/c55-43-17-16-41(48-47(43)51-44(56)36-61-48)18-23-50-24-27-54(42-13-5-2-6-14-42)46(58)20-31-59-30-19-38-11-7-12-40(33-38)34-52-25-21-49(22-26-52)37-53(28-32-62-49)45(57)15-8-29-60-35-39-9-3-1-4-10-39/h1,3-4,7,9-12,16-17,33,42,50,55H,2,5-6,8,13-15,18-32,34-37H2,(H,51,56). The number of fused-ring (bicyclic) bond motifs is 1. The molecule has 1 aliphatic carbocycles. The van der Waals surface area contributed by atoms with E-state index in [9.17, 15) is 19.5 Å². The molecule has 7 rings (SSSR count). The minimum Gasteiger partial charge on any atom is -0.506 e. The van der Waals surface area contributed by atoms with E-state index in [1.165, 1.54) is 17.5 Å². The van der Waals surface area contributed by atoms with Gasteiger partial charge in [-0.05, 0) is 79.8 Å². The first-order valence-corrected chi connectivity index (χ1v) is 23.0. The van der Waals surface area contributed by atoms with Crippen molar-refractivity contribution in [3.63, 3.8) is 0 Å². The van der Waals surface area contributed by atoms with Gasteiger partial charge in [0.15, 0.2) is 12.4 Å². The number of morpholine rings is 1. The van der Waals surface area contributed by atoms with Crippen LogP contribution in [0.3, 0.4) is 0 Å². The third-order valence-corrected chi connectivity index (χ3v) is 12.8. The maximum atomic E-state index is 13.6. The number of piperidine rings is 1. The van der Waals surface area contributed by atoms with Crippen LogP contribution in [0.15, 0.2) is 66.7 Å². The van der Waals surface area contributed by atoms with E-state index in [4.69, 9.17) is 18.9 Å². The lowest BCUT2D eigenvalue weighted by Gasteiger charge is -2.47. The van der Waals surface area contributed by atoms with Crippen LogP contribution in [0.25, 0.3) is 0 Å². The highest BCUT2D eigenvalue weighted by molar-refractivity contribution is 5.97. The second-order valence-electron chi connectivity index (χ2n) is 17.4. The zero-order chi connectivity index (χ0) is 43.0. The average Bonchev–Trinajstić information content (AvgIpc) is 3.29. The molecule has 3 aromatic carbocycles. The number of ether oxygens (including phenoxy) is 4. The predicted octanol–water partition coefficient (Wildman–Crippen LogP) is 5.86. The molecule has 0 bridgehead atoms. The Hall–Kier alpha value is -4.53. The Kier molecular flexibility index (Phi) is 17.1. The number of phenolic OH excluding ortho intramolecular Hbond substituents is 1. The second kappa shape index (κ2) is 23.2. The van der Waals surface area contributed by atoms with Crippen LogP contribution in [0.5, 0.6) is 11.5 Å². The molecule has 4 aliphatic rings. The molecule has 13 heteroatoms. The number of carbonyl (C=O) groups excluding carboxylic acids is 3. The first kappa shape index (κ1) is 45.5. The molecule has 0 atom stereocenters. The Labute approximate surface area is 367 Å². The van der Waals surface area contributed by atoms with Gasteiger partial charge < -0.3 is 44.5 Å². The van der Waals surface area contributed by atoms with Gasteiger partial charge in [-0.3, -0.25) is 19.3 Å². The summed E-state index contributed by atoms with van der Waals surface area (Å²) in [6.45, 7) is 8.73. The normalized spacial score (nSPS) is 17.9. The average molecular weight is 854 g/mol. The van der Waals surface area contributed by atoms with Crippen molar-refractivity contribution in [1.29, 1.82) is 0 Å². The van der Waals surface area contributed by atoms with Crippen molar-refractivity contribution >= 4 is 23.4 Å². The fourth-order valence-electron chi connectivity index (χ4n) is 9.33. The van der Waals surface area contributed by atoms with Gasteiger partial charge in [0.2, 0.25) is 11.8 Å². The minimum absolute atomic E-state index is 0.00435. The van der Waals surface area contributed by atoms with Gasteiger partial charge >= 0.3 is 0 Å². The number of phenols is 1. The van der Waals surface area contributed by atoms with Crippen LogP contribution in [0.4, 0.5) is 5.69 Å². The number of hydrogen-bond donors (Lipinski definition) is 3. The predicted molar refractivity (Wildman–Crippen MR) is 238 cm³/mol. The highest BCUT2D eigenvalue weighted by Crippen LogP contribution is 2.39. The van der Waals surface area contributed by atoms with Crippen LogP contribution in [0.1, 0.15) is 86.5 Å². The summed E-state index contributed by atoms with van der Waals surface area (Å²) >= 11 is 0. The van der Waals surface area contributed by atoms with E-state index < -0.39 is 0 Å². The molecular weight excluding hydrogens is 787 g/mol. The topological polar surface area (TPSA) is 142 Å². The Bertz CT molecular complexity index is 1900. The molecule has 3 N–H and O–H groups in total. The number of nitrogens with zero attached hydrogens (tertiary/aromatic N) is 3. The van der Waals surface area contributed by atoms with E-state index in [-0.39, 0.29) is 41.7 Å². The maximum Gasteiger partial charge on any atom is 0.262 e. The summed E-state index contributed by atoms with van der Waals surface area (Å²) in [5.74, 6) is 0.591. The highest BCUT2D eigenvalue weighted by atomic mass is 16.5. The number of rotatable bonds is 21. The molecule has 2 saturated heterocycles. The van der Waals surface area contributed by atoms with E-state index in [2.05, 4.69) is 56.8 Å². The van der Waals surface area contributed by atoms with Crippen LogP contribution in [-0.4, -0.2) is 128 Å². The smallest absolute Gasteiger partial charge is 0.262 e. The number of likely N-dealkylation sites (tertiary alicyclic amines) is 1. The largest absolute Gasteiger partial charge is 0.506 e. The summed E-state index contributed by atoms with van der Waals surface area (Å²) in [4.78, 5) is 45.0. The van der Waals surface area contributed by atoms with Gasteiger partial charge in [-0.15, -0.1) is 0 Å². The number of aromatic hydroxyl groups is 1. The van der Waals surface area contributed by atoms with Crippen LogP contribution in [0.2, 0.25) is 0 Å². The number of benzene rings is 3. The quantitative estimate of drug-likeness (QED) is 0.0883. The SMILES string of the molecule is O=C1COc2c(CCNCCN(C(=O)CCOCCc3cccc(CN4CCC5(CC4)CN(C(=O)CCCOCc4ccccc4)CCO5)c3)C3CCCCC3)ccc(O)c2N1. The molecule has 3 fully saturated rings. The molecule has 1 spiro atoms. The van der Waals surface area contributed by atoms with Crippen molar-refractivity contribution < 1.29 is 38.4 Å². The molecule has 3 aliphatic heterocycles. The number of carbonyl (C=O) groups is 3. The second-order valence-corrected chi connectivity index (χ2v) is 17.4. The van der Waals surface area contributed by atoms with E-state index in [0.29, 0.717) is 96.5 Å². The molecule has 1 saturated carbocycles. The summed E-state index contributed by atoms with van der Waals surface area (Å²) in [5.41, 5.74) is 4.65. The Morgan fingerprint density at radius 1 is 0.871 bits per heavy atom. The highest BCUT2D eigenvalue weighted by Gasteiger charge is 2.41. The molecule has 0 aromatic heterocycles. The van der Waals surface area contributed by atoms with Gasteiger partial charge in [0.1, 0.15) is 11.4 Å². The minimum atomic E-state index is -0.280.